The molecule has 0 N–H and O–H groups in total. The first-order chi connectivity index (χ1) is 11.7. The van der Waals surface area contributed by atoms with Gasteiger partial charge in [-0.25, -0.2) is 0 Å². The minimum absolute atomic E-state index is 0.761. The van der Waals surface area contributed by atoms with Crippen LogP contribution in [0.5, 0.6) is 11.5 Å². The monoisotopic (exact) mass is 384 g/mol. The number of hydrogen-bond donors (Lipinski definition) is 0. The Hall–Kier alpha value is -0.630. The molecule has 0 amide bonds. The van der Waals surface area contributed by atoms with Crippen molar-refractivity contribution in [2.24, 2.45) is 0 Å². The van der Waals surface area contributed by atoms with E-state index in [0.717, 1.165) is 40.2 Å². The number of hydrogen-bond acceptors (Lipinski definition) is 6. The number of methoxy groups -OCH3 is 2. The molecule has 24 heavy (non-hydrogen) atoms. The first-order valence-corrected chi connectivity index (χ1v) is 10.6. The summed E-state index contributed by atoms with van der Waals surface area (Å²) in [5, 5.41) is 0.792. The van der Waals surface area contributed by atoms with Crippen LogP contribution in [-0.4, -0.2) is 58.4 Å². The molecular weight excluding hydrogens is 360 g/mol. The van der Waals surface area contributed by atoms with E-state index in [1.54, 1.807) is 26.0 Å². The van der Waals surface area contributed by atoms with Crippen molar-refractivity contribution in [1.29, 1.82) is 0 Å². The van der Waals surface area contributed by atoms with Gasteiger partial charge in [0, 0.05) is 18.3 Å². The van der Waals surface area contributed by atoms with Crippen LogP contribution in [-0.2, 0) is 6.54 Å². The SMILES string of the molecule is COc1ccc(CN2CN(CC3CCCS3)CSC2=S)cc1OC. The summed E-state index contributed by atoms with van der Waals surface area (Å²) in [5.74, 6) is 3.86. The van der Waals surface area contributed by atoms with Crippen LogP contribution in [0.1, 0.15) is 18.4 Å². The number of thioether (sulfide) groups is 2. The van der Waals surface area contributed by atoms with Crippen LogP contribution >= 0.6 is 35.7 Å². The average molecular weight is 385 g/mol. The molecule has 1 aromatic carbocycles. The molecule has 132 valence electrons. The number of ether oxygens (including phenoxy) is 2. The Kier molecular flexibility index (Phi) is 6.55. The molecule has 0 spiro atoms. The maximum atomic E-state index is 5.57. The van der Waals surface area contributed by atoms with Gasteiger partial charge < -0.3 is 14.4 Å². The Balaban J connectivity index is 1.63. The van der Waals surface area contributed by atoms with Crippen LogP contribution in [0, 0.1) is 0 Å². The molecule has 2 aliphatic rings. The largest absolute Gasteiger partial charge is 0.493 e. The molecule has 4 nitrogen and oxygen atoms in total. The maximum Gasteiger partial charge on any atom is 0.161 e. The standard InChI is InChI=1S/C17H24N2O2S3/c1-20-15-6-5-13(8-16(15)21-2)9-19-11-18(12-24-17(19)22)10-14-4-3-7-23-14/h5-6,8,14H,3-4,7,9-12H2,1-2H3. The molecule has 2 saturated heterocycles. The third kappa shape index (κ3) is 4.50. The smallest absolute Gasteiger partial charge is 0.161 e. The number of thiocarbonyl (C=S) groups is 1. The zero-order valence-electron chi connectivity index (χ0n) is 14.2. The summed E-state index contributed by atoms with van der Waals surface area (Å²) in [6.45, 7) is 2.89. The topological polar surface area (TPSA) is 24.9 Å². The molecule has 2 aliphatic heterocycles. The van der Waals surface area contributed by atoms with Crippen molar-refractivity contribution in [1.82, 2.24) is 9.80 Å². The Labute approximate surface area is 158 Å². The van der Waals surface area contributed by atoms with Gasteiger partial charge in [0.1, 0.15) is 4.32 Å². The molecular formula is C17H24N2O2S3. The molecule has 0 saturated carbocycles. The van der Waals surface area contributed by atoms with Crippen molar-refractivity contribution in [3.8, 4) is 11.5 Å². The third-order valence-electron chi connectivity index (χ3n) is 4.31. The number of benzene rings is 1. The first-order valence-electron chi connectivity index (χ1n) is 8.16. The van der Waals surface area contributed by atoms with E-state index in [1.165, 1.54) is 30.7 Å². The van der Waals surface area contributed by atoms with Crippen molar-refractivity contribution in [3.05, 3.63) is 23.8 Å². The highest BCUT2D eigenvalue weighted by atomic mass is 32.2. The van der Waals surface area contributed by atoms with E-state index < -0.39 is 0 Å². The van der Waals surface area contributed by atoms with Gasteiger partial charge in [-0.3, -0.25) is 4.90 Å². The van der Waals surface area contributed by atoms with Gasteiger partial charge in [0.05, 0.1) is 26.8 Å². The van der Waals surface area contributed by atoms with Crippen LogP contribution in [0.4, 0.5) is 0 Å². The predicted octanol–water partition coefficient (Wildman–Crippen LogP) is 3.65. The Morgan fingerprint density at radius 3 is 2.79 bits per heavy atom. The van der Waals surface area contributed by atoms with E-state index in [2.05, 4.69) is 27.6 Å². The van der Waals surface area contributed by atoms with Crippen molar-refractivity contribution < 1.29 is 9.47 Å². The van der Waals surface area contributed by atoms with E-state index >= 15 is 0 Å². The summed E-state index contributed by atoms with van der Waals surface area (Å²) in [4.78, 5) is 4.80. The second-order valence-electron chi connectivity index (χ2n) is 6.06. The zero-order chi connectivity index (χ0) is 16.9. The van der Waals surface area contributed by atoms with Gasteiger partial charge in [-0.15, -0.1) is 0 Å². The number of rotatable bonds is 6. The molecule has 0 aromatic heterocycles. The second-order valence-corrected chi connectivity index (χ2v) is 9.04. The molecule has 1 aromatic rings. The molecule has 0 bridgehead atoms. The van der Waals surface area contributed by atoms with E-state index in [0.29, 0.717) is 0 Å². The minimum Gasteiger partial charge on any atom is -0.493 e. The molecule has 1 unspecified atom stereocenters. The highest BCUT2D eigenvalue weighted by molar-refractivity contribution is 8.22. The van der Waals surface area contributed by atoms with Crippen LogP contribution in [0.25, 0.3) is 0 Å². The molecule has 0 radical (unpaired) electrons. The average Bonchev–Trinajstić information content (AvgIpc) is 3.10. The van der Waals surface area contributed by atoms with Crippen LogP contribution < -0.4 is 9.47 Å². The Morgan fingerprint density at radius 1 is 1.25 bits per heavy atom. The Morgan fingerprint density at radius 2 is 2.08 bits per heavy atom. The van der Waals surface area contributed by atoms with Gasteiger partial charge in [0.15, 0.2) is 11.5 Å². The van der Waals surface area contributed by atoms with Crippen molar-refractivity contribution in [2.45, 2.75) is 24.6 Å². The lowest BCUT2D eigenvalue weighted by Gasteiger charge is -2.37. The minimum atomic E-state index is 0.761. The van der Waals surface area contributed by atoms with Crippen molar-refractivity contribution >= 4 is 40.1 Å². The van der Waals surface area contributed by atoms with Gasteiger partial charge >= 0.3 is 0 Å². The van der Waals surface area contributed by atoms with E-state index in [1.807, 2.05) is 12.1 Å². The molecule has 7 heteroatoms. The third-order valence-corrected chi connectivity index (χ3v) is 7.30. The fourth-order valence-corrected chi connectivity index (χ4v) is 5.46. The lowest BCUT2D eigenvalue weighted by Crippen LogP contribution is -2.46. The summed E-state index contributed by atoms with van der Waals surface area (Å²) in [6, 6.07) is 6.08. The zero-order valence-corrected chi connectivity index (χ0v) is 16.6. The highest BCUT2D eigenvalue weighted by Crippen LogP contribution is 2.31. The maximum absolute atomic E-state index is 5.57. The van der Waals surface area contributed by atoms with Crippen molar-refractivity contribution in [2.75, 3.05) is 39.1 Å². The Bertz CT molecular complexity index is 579. The highest BCUT2D eigenvalue weighted by Gasteiger charge is 2.25. The normalized spacial score (nSPS) is 22.0. The predicted molar refractivity (Wildman–Crippen MR) is 107 cm³/mol. The van der Waals surface area contributed by atoms with E-state index in [-0.39, 0.29) is 0 Å². The molecule has 2 fully saturated rings. The fraction of sp³-hybridized carbons (Fsp3) is 0.588. The van der Waals surface area contributed by atoms with Gasteiger partial charge in [-0.05, 0) is 36.3 Å². The lowest BCUT2D eigenvalue weighted by molar-refractivity contribution is 0.207. The van der Waals surface area contributed by atoms with E-state index in [9.17, 15) is 0 Å². The second kappa shape index (κ2) is 8.65. The van der Waals surface area contributed by atoms with Crippen LogP contribution in [0.3, 0.4) is 0 Å². The van der Waals surface area contributed by atoms with Gasteiger partial charge in [0.25, 0.3) is 0 Å². The van der Waals surface area contributed by atoms with Crippen molar-refractivity contribution in [3.63, 3.8) is 0 Å². The van der Waals surface area contributed by atoms with Gasteiger partial charge in [-0.2, -0.15) is 11.8 Å². The molecule has 2 heterocycles. The summed E-state index contributed by atoms with van der Waals surface area (Å²) in [6.07, 6.45) is 2.72. The summed E-state index contributed by atoms with van der Waals surface area (Å²) >= 11 is 9.46. The van der Waals surface area contributed by atoms with Gasteiger partial charge in [-0.1, -0.05) is 30.0 Å². The molecule has 1 atom stereocenters. The van der Waals surface area contributed by atoms with Gasteiger partial charge in [0.2, 0.25) is 0 Å². The lowest BCUT2D eigenvalue weighted by atomic mass is 10.2. The quantitative estimate of drug-likeness (QED) is 0.690. The summed E-state index contributed by atoms with van der Waals surface area (Å²) < 4.78 is 11.7. The fourth-order valence-electron chi connectivity index (χ4n) is 3.08. The van der Waals surface area contributed by atoms with E-state index in [4.69, 9.17) is 21.7 Å². The number of nitrogens with zero attached hydrogens (tertiary/aromatic N) is 2. The summed E-state index contributed by atoms with van der Waals surface area (Å²) in [5.41, 5.74) is 1.19. The van der Waals surface area contributed by atoms with Crippen LogP contribution in [0.2, 0.25) is 0 Å². The molecule has 0 aliphatic carbocycles. The van der Waals surface area contributed by atoms with Crippen LogP contribution in [0.15, 0.2) is 18.2 Å². The summed E-state index contributed by atoms with van der Waals surface area (Å²) in [7, 11) is 3.33. The molecule has 3 rings (SSSR count). The first kappa shape index (κ1) is 18.2.